The molecule has 0 spiro atoms. The van der Waals surface area contributed by atoms with Gasteiger partial charge in [-0.05, 0) is 51.0 Å². The summed E-state index contributed by atoms with van der Waals surface area (Å²) in [5, 5.41) is 8.29. The molecule has 1 saturated carbocycles. The van der Waals surface area contributed by atoms with Gasteiger partial charge in [0.15, 0.2) is 0 Å². The monoisotopic (exact) mass is 249 g/mol. The third-order valence-corrected chi connectivity index (χ3v) is 4.29. The Balaban J connectivity index is 1.78. The minimum absolute atomic E-state index is 0.509. The van der Waals surface area contributed by atoms with Gasteiger partial charge in [-0.3, -0.25) is 4.68 Å². The van der Waals surface area contributed by atoms with Crippen LogP contribution < -0.4 is 5.32 Å². The molecular formula is C15H27N3. The van der Waals surface area contributed by atoms with Crippen LogP contribution in [0.4, 0.5) is 0 Å². The summed E-state index contributed by atoms with van der Waals surface area (Å²) in [5.41, 5.74) is 1.17. The van der Waals surface area contributed by atoms with Crippen LogP contribution in [0, 0.1) is 5.92 Å². The van der Waals surface area contributed by atoms with E-state index in [0.717, 1.165) is 18.9 Å². The largest absolute Gasteiger partial charge is 0.308 e. The summed E-state index contributed by atoms with van der Waals surface area (Å²) in [4.78, 5) is 0. The van der Waals surface area contributed by atoms with Gasteiger partial charge in [0.2, 0.25) is 0 Å². The lowest BCUT2D eigenvalue weighted by Gasteiger charge is -2.26. The third kappa shape index (κ3) is 3.58. The van der Waals surface area contributed by atoms with E-state index in [1.165, 1.54) is 31.4 Å². The Morgan fingerprint density at radius 2 is 2.11 bits per heavy atom. The number of nitrogens with zero attached hydrogens (tertiary/aromatic N) is 2. The van der Waals surface area contributed by atoms with E-state index < -0.39 is 0 Å². The molecule has 0 radical (unpaired) electrons. The Kier molecular flexibility index (Phi) is 4.81. The van der Waals surface area contributed by atoms with Gasteiger partial charge in [-0.15, -0.1) is 0 Å². The summed E-state index contributed by atoms with van der Waals surface area (Å²) in [7, 11) is 0. The number of nitrogens with one attached hydrogen (secondary N) is 1. The number of rotatable bonds is 5. The van der Waals surface area contributed by atoms with E-state index in [4.69, 9.17) is 0 Å². The van der Waals surface area contributed by atoms with Crippen molar-refractivity contribution in [2.24, 2.45) is 5.92 Å². The second kappa shape index (κ2) is 6.37. The highest BCUT2D eigenvalue weighted by Gasteiger charge is 2.17. The van der Waals surface area contributed by atoms with Gasteiger partial charge in [0, 0.05) is 24.8 Å². The molecule has 1 aromatic rings. The van der Waals surface area contributed by atoms with Crippen molar-refractivity contribution in [1.29, 1.82) is 0 Å². The first kappa shape index (κ1) is 13.6. The first-order valence-corrected chi connectivity index (χ1v) is 7.46. The molecule has 1 N–H and O–H groups in total. The summed E-state index contributed by atoms with van der Waals surface area (Å²) >= 11 is 0. The van der Waals surface area contributed by atoms with E-state index in [2.05, 4.69) is 48.1 Å². The van der Waals surface area contributed by atoms with Crippen molar-refractivity contribution >= 4 is 0 Å². The molecule has 1 fully saturated rings. The predicted octanol–water partition coefficient (Wildman–Crippen LogP) is 3.52. The van der Waals surface area contributed by atoms with Crippen molar-refractivity contribution in [2.45, 2.75) is 71.5 Å². The molecule has 0 aliphatic heterocycles. The minimum Gasteiger partial charge on any atom is -0.308 e. The Morgan fingerprint density at radius 3 is 2.78 bits per heavy atom. The molecule has 0 saturated heterocycles. The zero-order valence-corrected chi connectivity index (χ0v) is 12.0. The molecular weight excluding hydrogens is 222 g/mol. The summed E-state index contributed by atoms with van der Waals surface area (Å²) < 4.78 is 2.08. The molecule has 0 bridgehead atoms. The lowest BCUT2D eigenvalue weighted by atomic mass is 9.87. The van der Waals surface area contributed by atoms with Crippen molar-refractivity contribution in [3.8, 4) is 0 Å². The normalized spacial score (nSPS) is 26.2. The zero-order chi connectivity index (χ0) is 13.0. The SMILES string of the molecule is CCC(C)n1ccc(CNC2CCC(C)CC2)n1. The fraction of sp³-hybridized carbons (Fsp3) is 0.800. The van der Waals surface area contributed by atoms with Gasteiger partial charge in [-0.25, -0.2) is 0 Å². The quantitative estimate of drug-likeness (QED) is 0.865. The van der Waals surface area contributed by atoms with Crippen LogP contribution in [0.1, 0.15) is 64.6 Å². The van der Waals surface area contributed by atoms with Crippen LogP contribution in [0.25, 0.3) is 0 Å². The van der Waals surface area contributed by atoms with Crippen molar-refractivity contribution in [3.05, 3.63) is 18.0 Å². The van der Waals surface area contributed by atoms with Crippen LogP contribution in [0.5, 0.6) is 0 Å². The van der Waals surface area contributed by atoms with E-state index in [1.54, 1.807) is 0 Å². The van der Waals surface area contributed by atoms with Crippen LogP contribution in [0.3, 0.4) is 0 Å². The van der Waals surface area contributed by atoms with Crippen molar-refractivity contribution in [3.63, 3.8) is 0 Å². The molecule has 1 unspecified atom stereocenters. The van der Waals surface area contributed by atoms with Crippen LogP contribution in [0.15, 0.2) is 12.3 Å². The van der Waals surface area contributed by atoms with E-state index in [0.29, 0.717) is 12.1 Å². The molecule has 1 atom stereocenters. The fourth-order valence-electron chi connectivity index (χ4n) is 2.62. The molecule has 3 nitrogen and oxygen atoms in total. The lowest BCUT2D eigenvalue weighted by molar-refractivity contribution is 0.305. The molecule has 1 aromatic heterocycles. The first-order chi connectivity index (χ1) is 8.69. The smallest absolute Gasteiger partial charge is 0.0762 e. The second-order valence-corrected chi connectivity index (χ2v) is 5.88. The van der Waals surface area contributed by atoms with Crippen molar-refractivity contribution in [2.75, 3.05) is 0 Å². The summed E-state index contributed by atoms with van der Waals surface area (Å²) in [6.45, 7) is 7.70. The Bertz CT molecular complexity index is 350. The maximum absolute atomic E-state index is 4.63. The molecule has 102 valence electrons. The topological polar surface area (TPSA) is 29.9 Å². The maximum atomic E-state index is 4.63. The maximum Gasteiger partial charge on any atom is 0.0762 e. The predicted molar refractivity (Wildman–Crippen MR) is 75.5 cm³/mol. The minimum atomic E-state index is 0.509. The zero-order valence-electron chi connectivity index (χ0n) is 12.0. The van der Waals surface area contributed by atoms with Crippen LogP contribution in [0.2, 0.25) is 0 Å². The highest BCUT2D eigenvalue weighted by Crippen LogP contribution is 2.23. The number of hydrogen-bond donors (Lipinski definition) is 1. The molecule has 1 heterocycles. The highest BCUT2D eigenvalue weighted by molar-refractivity contribution is 4.99. The van der Waals surface area contributed by atoms with Crippen LogP contribution in [-0.4, -0.2) is 15.8 Å². The highest BCUT2D eigenvalue weighted by atomic mass is 15.3. The van der Waals surface area contributed by atoms with Crippen LogP contribution in [-0.2, 0) is 6.54 Å². The second-order valence-electron chi connectivity index (χ2n) is 5.88. The van der Waals surface area contributed by atoms with Gasteiger partial charge >= 0.3 is 0 Å². The average molecular weight is 249 g/mol. The van der Waals surface area contributed by atoms with Gasteiger partial charge in [0.25, 0.3) is 0 Å². The standard InChI is InChI=1S/C15H27N3/c1-4-13(3)18-10-9-15(17-18)11-16-14-7-5-12(2)6-8-14/h9-10,12-14,16H,4-8,11H2,1-3H3. The first-order valence-electron chi connectivity index (χ1n) is 7.46. The fourth-order valence-corrected chi connectivity index (χ4v) is 2.62. The van der Waals surface area contributed by atoms with Gasteiger partial charge < -0.3 is 5.32 Å². The van der Waals surface area contributed by atoms with E-state index >= 15 is 0 Å². The number of aromatic nitrogens is 2. The van der Waals surface area contributed by atoms with E-state index in [9.17, 15) is 0 Å². The number of hydrogen-bond acceptors (Lipinski definition) is 2. The van der Waals surface area contributed by atoms with Gasteiger partial charge in [0.05, 0.1) is 5.69 Å². The summed E-state index contributed by atoms with van der Waals surface area (Å²) in [6, 6.07) is 3.36. The molecule has 0 amide bonds. The van der Waals surface area contributed by atoms with Gasteiger partial charge in [-0.2, -0.15) is 5.10 Å². The average Bonchev–Trinajstić information content (AvgIpc) is 2.86. The molecule has 1 aliphatic rings. The lowest BCUT2D eigenvalue weighted by Crippen LogP contribution is -2.32. The van der Waals surface area contributed by atoms with Gasteiger partial charge in [0.1, 0.15) is 0 Å². The molecule has 2 rings (SSSR count). The molecule has 3 heteroatoms. The van der Waals surface area contributed by atoms with Gasteiger partial charge in [-0.1, -0.05) is 13.8 Å². The summed E-state index contributed by atoms with van der Waals surface area (Å²) in [6.07, 6.45) is 8.64. The van der Waals surface area contributed by atoms with Crippen LogP contribution >= 0.6 is 0 Å². The molecule has 18 heavy (non-hydrogen) atoms. The molecule has 0 aromatic carbocycles. The Hall–Kier alpha value is -0.830. The Morgan fingerprint density at radius 1 is 1.39 bits per heavy atom. The van der Waals surface area contributed by atoms with E-state index in [1.807, 2.05) is 0 Å². The van der Waals surface area contributed by atoms with Crippen molar-refractivity contribution in [1.82, 2.24) is 15.1 Å². The van der Waals surface area contributed by atoms with Crippen molar-refractivity contribution < 1.29 is 0 Å². The third-order valence-electron chi connectivity index (χ3n) is 4.29. The summed E-state index contributed by atoms with van der Waals surface area (Å²) in [5.74, 6) is 0.924. The Labute approximate surface area is 111 Å². The van der Waals surface area contributed by atoms with E-state index in [-0.39, 0.29) is 0 Å². The molecule has 1 aliphatic carbocycles.